The normalized spacial score (nSPS) is 24.7. The number of rotatable bonds is 1. The quantitative estimate of drug-likeness (QED) is 0.770. The van der Waals surface area contributed by atoms with Gasteiger partial charge in [0.05, 0.1) is 5.92 Å². The Morgan fingerprint density at radius 3 is 2.93 bits per heavy atom. The third kappa shape index (κ3) is 1.74. The Balaban J connectivity index is 2.38. The van der Waals surface area contributed by atoms with Gasteiger partial charge in [-0.15, -0.1) is 0 Å². The highest BCUT2D eigenvalue weighted by molar-refractivity contribution is 5.72. The molecule has 0 aromatic heterocycles. The van der Waals surface area contributed by atoms with Crippen molar-refractivity contribution in [2.75, 3.05) is 0 Å². The third-order valence-corrected chi connectivity index (χ3v) is 3.24. The summed E-state index contributed by atoms with van der Waals surface area (Å²) in [5.74, 6) is -1.35. The number of hydrogen-bond acceptors (Lipinski definition) is 1. The molecule has 1 aromatic carbocycles. The Morgan fingerprint density at radius 2 is 2.27 bits per heavy atom. The van der Waals surface area contributed by atoms with Crippen molar-refractivity contribution in [2.24, 2.45) is 5.92 Å². The van der Waals surface area contributed by atoms with Crippen LogP contribution >= 0.6 is 0 Å². The lowest BCUT2D eigenvalue weighted by Gasteiger charge is -2.28. The molecule has 0 radical (unpaired) electrons. The molecule has 0 amide bonds. The number of aryl methyl sites for hydroxylation is 1. The van der Waals surface area contributed by atoms with E-state index < -0.39 is 5.97 Å². The number of aliphatic carboxylic acids is 1. The fourth-order valence-electron chi connectivity index (χ4n) is 2.35. The number of fused-ring (bicyclic) bond motifs is 1. The molecule has 0 saturated carbocycles. The summed E-state index contributed by atoms with van der Waals surface area (Å²) in [6, 6.07) is 4.63. The molecule has 0 aliphatic heterocycles. The summed E-state index contributed by atoms with van der Waals surface area (Å²) in [7, 11) is 0. The number of carbonyl (C=O) groups is 1. The van der Waals surface area contributed by atoms with Gasteiger partial charge < -0.3 is 5.11 Å². The van der Waals surface area contributed by atoms with Crippen LogP contribution in [0.5, 0.6) is 0 Å². The van der Waals surface area contributed by atoms with Crippen molar-refractivity contribution in [3.8, 4) is 0 Å². The van der Waals surface area contributed by atoms with Gasteiger partial charge in [-0.3, -0.25) is 4.79 Å². The van der Waals surface area contributed by atoms with Crippen molar-refractivity contribution in [1.29, 1.82) is 0 Å². The molecule has 3 heteroatoms. The van der Waals surface area contributed by atoms with Crippen LogP contribution in [-0.4, -0.2) is 11.1 Å². The molecule has 2 nitrogen and oxygen atoms in total. The first-order valence-electron chi connectivity index (χ1n) is 5.10. The number of carboxylic acid groups (broad SMARTS) is 1. The molecule has 2 rings (SSSR count). The molecular weight excluding hydrogens is 195 g/mol. The summed E-state index contributed by atoms with van der Waals surface area (Å²) in [5.41, 5.74) is 1.94. The Kier molecular flexibility index (Phi) is 2.47. The standard InChI is InChI=1S/C12H13FO2/c1-7-10-5-3-9(13)6-8(10)2-4-11(7)12(14)15/h3,5-7,11H,2,4H2,1H3,(H,14,15). The maximum Gasteiger partial charge on any atom is 0.307 e. The third-order valence-electron chi connectivity index (χ3n) is 3.24. The van der Waals surface area contributed by atoms with E-state index in [1.165, 1.54) is 12.1 Å². The molecule has 1 aromatic rings. The molecule has 80 valence electrons. The van der Waals surface area contributed by atoms with Gasteiger partial charge in [-0.2, -0.15) is 0 Å². The second kappa shape index (κ2) is 3.65. The van der Waals surface area contributed by atoms with E-state index in [2.05, 4.69) is 0 Å². The van der Waals surface area contributed by atoms with Crippen LogP contribution in [0.15, 0.2) is 18.2 Å². The Hall–Kier alpha value is -1.38. The van der Waals surface area contributed by atoms with Crippen LogP contribution in [-0.2, 0) is 11.2 Å². The van der Waals surface area contributed by atoms with E-state index >= 15 is 0 Å². The molecule has 15 heavy (non-hydrogen) atoms. The van der Waals surface area contributed by atoms with Gasteiger partial charge in [0.25, 0.3) is 0 Å². The number of carboxylic acids is 1. The second-order valence-electron chi connectivity index (χ2n) is 4.12. The van der Waals surface area contributed by atoms with Gasteiger partial charge in [0.2, 0.25) is 0 Å². The van der Waals surface area contributed by atoms with Gasteiger partial charge in [-0.1, -0.05) is 13.0 Å². The van der Waals surface area contributed by atoms with E-state index in [1.54, 1.807) is 6.07 Å². The van der Waals surface area contributed by atoms with Crippen LogP contribution in [0.4, 0.5) is 4.39 Å². The molecule has 1 N–H and O–H groups in total. The van der Waals surface area contributed by atoms with E-state index in [0.29, 0.717) is 12.8 Å². The van der Waals surface area contributed by atoms with E-state index in [0.717, 1.165) is 11.1 Å². The lowest BCUT2D eigenvalue weighted by molar-refractivity contribution is -0.142. The van der Waals surface area contributed by atoms with Gasteiger partial charge in [0.1, 0.15) is 5.82 Å². The Morgan fingerprint density at radius 1 is 1.53 bits per heavy atom. The van der Waals surface area contributed by atoms with Gasteiger partial charge >= 0.3 is 5.97 Å². The van der Waals surface area contributed by atoms with Crippen molar-refractivity contribution in [3.63, 3.8) is 0 Å². The number of hydrogen-bond donors (Lipinski definition) is 1. The first kappa shape index (κ1) is 10.1. The second-order valence-corrected chi connectivity index (χ2v) is 4.12. The van der Waals surface area contributed by atoms with Crippen molar-refractivity contribution in [1.82, 2.24) is 0 Å². The zero-order valence-electron chi connectivity index (χ0n) is 8.53. The zero-order chi connectivity index (χ0) is 11.0. The van der Waals surface area contributed by atoms with Crippen LogP contribution in [0.2, 0.25) is 0 Å². The smallest absolute Gasteiger partial charge is 0.307 e. The molecule has 1 aliphatic carbocycles. The van der Waals surface area contributed by atoms with E-state index in [1.807, 2.05) is 6.92 Å². The van der Waals surface area contributed by atoms with Crippen LogP contribution in [0, 0.1) is 11.7 Å². The van der Waals surface area contributed by atoms with Gasteiger partial charge in [0.15, 0.2) is 0 Å². The molecular formula is C12H13FO2. The van der Waals surface area contributed by atoms with Crippen molar-refractivity contribution in [2.45, 2.75) is 25.7 Å². The van der Waals surface area contributed by atoms with Crippen LogP contribution in [0.3, 0.4) is 0 Å². The molecule has 0 bridgehead atoms. The fraction of sp³-hybridized carbons (Fsp3) is 0.417. The minimum absolute atomic E-state index is 0.0214. The maximum atomic E-state index is 13.0. The van der Waals surface area contributed by atoms with Crippen LogP contribution in [0.25, 0.3) is 0 Å². The molecule has 2 atom stereocenters. The average molecular weight is 208 g/mol. The summed E-state index contributed by atoms with van der Waals surface area (Å²) >= 11 is 0. The highest BCUT2D eigenvalue weighted by atomic mass is 19.1. The van der Waals surface area contributed by atoms with Crippen molar-refractivity contribution in [3.05, 3.63) is 35.1 Å². The Labute approximate surface area is 87.7 Å². The maximum absolute atomic E-state index is 13.0. The zero-order valence-corrected chi connectivity index (χ0v) is 8.53. The minimum Gasteiger partial charge on any atom is -0.481 e. The largest absolute Gasteiger partial charge is 0.481 e. The van der Waals surface area contributed by atoms with Crippen LogP contribution in [0.1, 0.15) is 30.4 Å². The monoisotopic (exact) mass is 208 g/mol. The molecule has 0 spiro atoms. The molecule has 2 unspecified atom stereocenters. The summed E-state index contributed by atoms with van der Waals surface area (Å²) in [5, 5.41) is 9.01. The average Bonchev–Trinajstić information content (AvgIpc) is 2.17. The van der Waals surface area contributed by atoms with Gasteiger partial charge in [0, 0.05) is 0 Å². The lowest BCUT2D eigenvalue weighted by Crippen LogP contribution is -2.25. The summed E-state index contributed by atoms with van der Waals surface area (Å²) in [4.78, 5) is 11.0. The van der Waals surface area contributed by atoms with Gasteiger partial charge in [-0.25, -0.2) is 4.39 Å². The molecule has 0 saturated heterocycles. The first-order chi connectivity index (χ1) is 7.09. The highest BCUT2D eigenvalue weighted by Gasteiger charge is 2.31. The number of halogens is 1. The summed E-state index contributed by atoms with van der Waals surface area (Å²) in [6.45, 7) is 1.90. The predicted molar refractivity (Wildman–Crippen MR) is 54.3 cm³/mol. The summed E-state index contributed by atoms with van der Waals surface area (Å²) < 4.78 is 13.0. The SMILES string of the molecule is CC1c2ccc(F)cc2CCC1C(=O)O. The summed E-state index contributed by atoms with van der Waals surface area (Å²) in [6.07, 6.45) is 1.27. The van der Waals surface area contributed by atoms with Crippen molar-refractivity contribution < 1.29 is 14.3 Å². The minimum atomic E-state index is -0.752. The van der Waals surface area contributed by atoms with Crippen LogP contribution < -0.4 is 0 Å². The molecule has 1 aliphatic rings. The Bertz CT molecular complexity index is 401. The van der Waals surface area contributed by atoms with E-state index in [9.17, 15) is 9.18 Å². The topological polar surface area (TPSA) is 37.3 Å². The highest BCUT2D eigenvalue weighted by Crippen LogP contribution is 2.36. The molecule has 0 heterocycles. The number of benzene rings is 1. The van der Waals surface area contributed by atoms with E-state index in [-0.39, 0.29) is 17.7 Å². The predicted octanol–water partition coefficient (Wildman–Crippen LogP) is 2.58. The fourth-order valence-corrected chi connectivity index (χ4v) is 2.35. The van der Waals surface area contributed by atoms with Crippen molar-refractivity contribution >= 4 is 5.97 Å². The van der Waals surface area contributed by atoms with E-state index in [4.69, 9.17) is 5.11 Å². The lowest BCUT2D eigenvalue weighted by atomic mass is 9.76. The first-order valence-corrected chi connectivity index (χ1v) is 5.10. The van der Waals surface area contributed by atoms with Gasteiger partial charge in [-0.05, 0) is 42.0 Å². The molecule has 0 fully saturated rings.